The molecule has 8 nitrogen and oxygen atoms in total. The Morgan fingerprint density at radius 3 is 2.70 bits per heavy atom. The van der Waals surface area contributed by atoms with Gasteiger partial charge < -0.3 is 21.1 Å². The van der Waals surface area contributed by atoms with E-state index in [-0.39, 0.29) is 5.56 Å². The highest BCUT2D eigenvalue weighted by atomic mass is 32.1. The van der Waals surface area contributed by atoms with Crippen LogP contribution in [0.25, 0.3) is 0 Å². The maximum absolute atomic E-state index is 12.4. The van der Waals surface area contributed by atoms with Gasteiger partial charge >= 0.3 is 5.97 Å². The summed E-state index contributed by atoms with van der Waals surface area (Å²) in [6, 6.07) is 7.52. The van der Waals surface area contributed by atoms with Gasteiger partial charge in [0.05, 0.1) is 16.9 Å². The van der Waals surface area contributed by atoms with E-state index in [1.165, 1.54) is 23.6 Å². The number of rotatable bonds is 5. The lowest BCUT2D eigenvalue weighted by atomic mass is 10.1. The van der Waals surface area contributed by atoms with Crippen molar-refractivity contribution in [2.45, 2.75) is 12.2 Å². The van der Waals surface area contributed by atoms with E-state index in [2.05, 4.69) is 15.3 Å². The minimum absolute atomic E-state index is 0.0346. The minimum Gasteiger partial charge on any atom is -0.478 e. The van der Waals surface area contributed by atoms with Crippen LogP contribution in [0.15, 0.2) is 53.5 Å². The third kappa shape index (κ3) is 2.87. The number of thiophene rings is 1. The summed E-state index contributed by atoms with van der Waals surface area (Å²) in [6.07, 6.45) is 2.49. The average molecular weight is 381 g/mol. The number of pyridine rings is 2. The van der Waals surface area contributed by atoms with Gasteiger partial charge in [0.15, 0.2) is 11.9 Å². The number of carboxylic acids is 1. The lowest BCUT2D eigenvalue weighted by molar-refractivity contribution is -0.119. The predicted octanol–water partition coefficient (Wildman–Crippen LogP) is 2.39. The quantitative estimate of drug-likeness (QED) is 0.620. The first-order valence-corrected chi connectivity index (χ1v) is 9.01. The Bertz CT molecular complexity index is 993. The molecule has 9 heteroatoms. The molecular weight excluding hydrogens is 366 g/mol. The zero-order valence-electron chi connectivity index (χ0n) is 13.9. The molecule has 0 spiro atoms. The minimum atomic E-state index is -1.12. The SMILES string of the molecule is NC(=O)C(c1ccccn1)N1c2c(C(=O)O)ccnc2NC1c1ccsc1. The third-order valence-corrected chi connectivity index (χ3v) is 5.04. The number of primary amides is 1. The fourth-order valence-corrected chi connectivity index (χ4v) is 3.92. The van der Waals surface area contributed by atoms with Crippen molar-refractivity contribution in [1.29, 1.82) is 0 Å². The molecule has 3 aromatic rings. The smallest absolute Gasteiger partial charge is 0.338 e. The lowest BCUT2D eigenvalue weighted by Gasteiger charge is -2.32. The fourth-order valence-electron chi connectivity index (χ4n) is 3.24. The summed E-state index contributed by atoms with van der Waals surface area (Å²) in [5.41, 5.74) is 7.39. The van der Waals surface area contributed by atoms with Gasteiger partial charge in [0, 0.05) is 18.0 Å². The van der Waals surface area contributed by atoms with Gasteiger partial charge in [-0.2, -0.15) is 11.3 Å². The number of aromatic nitrogens is 2. The summed E-state index contributed by atoms with van der Waals surface area (Å²) in [4.78, 5) is 34.4. The number of nitrogens with zero attached hydrogens (tertiary/aromatic N) is 3. The molecule has 3 aromatic heterocycles. The van der Waals surface area contributed by atoms with Gasteiger partial charge in [-0.05, 0) is 35.0 Å². The molecule has 2 atom stereocenters. The summed E-state index contributed by atoms with van der Waals surface area (Å²) in [5, 5.41) is 16.7. The van der Waals surface area contributed by atoms with Crippen LogP contribution in [0.5, 0.6) is 0 Å². The van der Waals surface area contributed by atoms with Crippen molar-refractivity contribution in [3.05, 3.63) is 70.3 Å². The highest BCUT2D eigenvalue weighted by molar-refractivity contribution is 7.08. The second-order valence-electron chi connectivity index (χ2n) is 5.93. The molecule has 0 aliphatic carbocycles. The fraction of sp³-hybridized carbons (Fsp3) is 0.111. The zero-order chi connectivity index (χ0) is 19.0. The summed E-state index contributed by atoms with van der Waals surface area (Å²) >= 11 is 1.50. The number of hydrogen-bond acceptors (Lipinski definition) is 7. The highest BCUT2D eigenvalue weighted by Gasteiger charge is 2.42. The topological polar surface area (TPSA) is 121 Å². The van der Waals surface area contributed by atoms with Crippen LogP contribution in [0.1, 0.15) is 33.8 Å². The zero-order valence-corrected chi connectivity index (χ0v) is 14.8. The van der Waals surface area contributed by atoms with Gasteiger partial charge in [-0.3, -0.25) is 9.78 Å². The molecule has 0 fully saturated rings. The van der Waals surface area contributed by atoms with Crippen LogP contribution in [0.4, 0.5) is 11.5 Å². The molecule has 136 valence electrons. The molecule has 0 bridgehead atoms. The number of anilines is 2. The standard InChI is InChI=1S/C18H15N5O3S/c19-15(24)14(12-3-1-2-6-20-12)23-13-11(18(25)26)4-7-21-16(13)22-17(23)10-5-8-27-9-10/h1-9,14,17H,(H2,19,24)(H,21,22)(H,25,26). The largest absolute Gasteiger partial charge is 0.478 e. The molecule has 2 unspecified atom stereocenters. The first-order chi connectivity index (χ1) is 13.1. The van der Waals surface area contributed by atoms with E-state index >= 15 is 0 Å². The summed E-state index contributed by atoms with van der Waals surface area (Å²) < 4.78 is 0. The molecule has 0 saturated heterocycles. The van der Waals surface area contributed by atoms with E-state index in [0.29, 0.717) is 17.2 Å². The average Bonchev–Trinajstić information content (AvgIpc) is 3.30. The van der Waals surface area contributed by atoms with E-state index in [0.717, 1.165) is 5.56 Å². The Morgan fingerprint density at radius 2 is 2.07 bits per heavy atom. The van der Waals surface area contributed by atoms with Crippen LogP contribution in [0.3, 0.4) is 0 Å². The van der Waals surface area contributed by atoms with Crippen molar-refractivity contribution in [3.8, 4) is 0 Å². The van der Waals surface area contributed by atoms with Crippen molar-refractivity contribution in [3.63, 3.8) is 0 Å². The summed E-state index contributed by atoms with van der Waals surface area (Å²) in [6.45, 7) is 0. The molecule has 4 rings (SSSR count). The maximum Gasteiger partial charge on any atom is 0.338 e. The second kappa shape index (κ2) is 6.69. The molecule has 0 saturated carbocycles. The molecule has 4 N–H and O–H groups in total. The van der Waals surface area contributed by atoms with Crippen LogP contribution in [0, 0.1) is 0 Å². The summed E-state index contributed by atoms with van der Waals surface area (Å²) in [5.74, 6) is -1.37. The van der Waals surface area contributed by atoms with Crippen molar-refractivity contribution in [2.24, 2.45) is 5.73 Å². The molecule has 1 aliphatic rings. The van der Waals surface area contributed by atoms with Gasteiger partial charge in [0.25, 0.3) is 0 Å². The van der Waals surface area contributed by atoms with Crippen LogP contribution < -0.4 is 16.0 Å². The third-order valence-electron chi connectivity index (χ3n) is 4.34. The van der Waals surface area contributed by atoms with Gasteiger partial charge in [0.2, 0.25) is 5.91 Å². The number of hydrogen-bond donors (Lipinski definition) is 3. The van der Waals surface area contributed by atoms with E-state index in [1.54, 1.807) is 29.3 Å². The monoisotopic (exact) mass is 381 g/mol. The molecule has 1 amide bonds. The van der Waals surface area contributed by atoms with Gasteiger partial charge in [-0.15, -0.1) is 0 Å². The number of carboxylic acid groups (broad SMARTS) is 1. The summed E-state index contributed by atoms with van der Waals surface area (Å²) in [7, 11) is 0. The molecular formula is C18H15N5O3S. The Hall–Kier alpha value is -3.46. The van der Waals surface area contributed by atoms with Crippen molar-refractivity contribution in [1.82, 2.24) is 9.97 Å². The number of amides is 1. The van der Waals surface area contributed by atoms with Crippen LogP contribution in [-0.4, -0.2) is 27.0 Å². The number of aromatic carboxylic acids is 1. The lowest BCUT2D eigenvalue weighted by Crippen LogP contribution is -2.40. The number of nitrogens with one attached hydrogen (secondary N) is 1. The Balaban J connectivity index is 1.94. The van der Waals surface area contributed by atoms with E-state index in [4.69, 9.17) is 5.73 Å². The molecule has 1 aliphatic heterocycles. The number of carbonyl (C=O) groups excluding carboxylic acids is 1. The number of carbonyl (C=O) groups is 2. The predicted molar refractivity (Wildman–Crippen MR) is 101 cm³/mol. The van der Waals surface area contributed by atoms with Gasteiger partial charge in [0.1, 0.15) is 6.17 Å². The second-order valence-corrected chi connectivity index (χ2v) is 6.71. The molecule has 27 heavy (non-hydrogen) atoms. The Labute approximate surface area is 158 Å². The van der Waals surface area contributed by atoms with E-state index in [9.17, 15) is 14.7 Å². The number of nitrogens with two attached hydrogens (primary N) is 1. The Kier molecular flexibility index (Phi) is 4.21. The Morgan fingerprint density at radius 1 is 1.22 bits per heavy atom. The van der Waals surface area contributed by atoms with Crippen molar-refractivity contribution in [2.75, 3.05) is 10.2 Å². The first kappa shape index (κ1) is 17.0. The van der Waals surface area contributed by atoms with Gasteiger partial charge in [-0.25, -0.2) is 9.78 Å². The van der Waals surface area contributed by atoms with E-state index < -0.39 is 24.1 Å². The van der Waals surface area contributed by atoms with Gasteiger partial charge in [-0.1, -0.05) is 6.07 Å². The van der Waals surface area contributed by atoms with Crippen LogP contribution in [-0.2, 0) is 4.79 Å². The van der Waals surface area contributed by atoms with Crippen LogP contribution in [0.2, 0.25) is 0 Å². The van der Waals surface area contributed by atoms with Crippen molar-refractivity contribution < 1.29 is 14.7 Å². The molecule has 4 heterocycles. The molecule has 0 radical (unpaired) electrons. The first-order valence-electron chi connectivity index (χ1n) is 8.07. The maximum atomic E-state index is 12.4. The van der Waals surface area contributed by atoms with Crippen molar-refractivity contribution >= 4 is 34.7 Å². The normalized spacial score (nSPS) is 16.4. The van der Waals surface area contributed by atoms with E-state index in [1.807, 2.05) is 16.8 Å². The number of fused-ring (bicyclic) bond motifs is 1. The highest BCUT2D eigenvalue weighted by Crippen LogP contribution is 2.46. The van der Waals surface area contributed by atoms with Crippen LogP contribution >= 0.6 is 11.3 Å². The molecule has 0 aromatic carbocycles.